The van der Waals surface area contributed by atoms with Crippen molar-refractivity contribution < 1.29 is 9.59 Å². The molecule has 2 amide bonds. The highest BCUT2D eigenvalue weighted by atomic mass is 16.2. The molecule has 6 nitrogen and oxygen atoms in total. The Bertz CT molecular complexity index is 1070. The second-order valence-electron chi connectivity index (χ2n) is 6.25. The van der Waals surface area contributed by atoms with Gasteiger partial charge in [-0.3, -0.25) is 14.6 Å². The van der Waals surface area contributed by atoms with Crippen molar-refractivity contribution in [3.63, 3.8) is 0 Å². The van der Waals surface area contributed by atoms with Crippen LogP contribution < -0.4 is 10.6 Å². The first-order valence-corrected chi connectivity index (χ1v) is 8.66. The Morgan fingerprint density at radius 3 is 2.64 bits per heavy atom. The number of nitrogens with zero attached hydrogens (tertiary/aromatic N) is 2. The highest BCUT2D eigenvalue weighted by Crippen LogP contribution is 2.12. The lowest BCUT2D eigenvalue weighted by atomic mass is 10.1. The summed E-state index contributed by atoms with van der Waals surface area (Å²) in [6.07, 6.45) is 1.42. The minimum absolute atomic E-state index is 0.158. The second kappa shape index (κ2) is 8.60. The molecule has 2 N–H and O–H groups in total. The number of carbonyl (C=O) groups excluding carboxylic acids is 2. The van der Waals surface area contributed by atoms with Crippen molar-refractivity contribution >= 4 is 17.5 Å². The number of carbonyl (C=O) groups is 2. The number of anilines is 1. The van der Waals surface area contributed by atoms with Gasteiger partial charge < -0.3 is 10.6 Å². The highest BCUT2D eigenvalue weighted by Gasteiger charge is 2.12. The number of pyridine rings is 1. The molecule has 0 unspecified atom stereocenters. The van der Waals surface area contributed by atoms with E-state index in [-0.39, 0.29) is 17.5 Å². The van der Waals surface area contributed by atoms with Gasteiger partial charge in [0.25, 0.3) is 11.8 Å². The van der Waals surface area contributed by atoms with E-state index in [0.29, 0.717) is 23.4 Å². The van der Waals surface area contributed by atoms with E-state index >= 15 is 0 Å². The van der Waals surface area contributed by atoms with Crippen LogP contribution in [0, 0.1) is 18.3 Å². The molecular weight excluding hydrogens is 352 g/mol. The molecule has 0 bridgehead atoms. The molecule has 0 aliphatic heterocycles. The number of benzene rings is 2. The Balaban J connectivity index is 1.68. The van der Waals surface area contributed by atoms with E-state index in [2.05, 4.69) is 15.6 Å². The van der Waals surface area contributed by atoms with E-state index in [1.807, 2.05) is 37.3 Å². The number of amides is 2. The number of rotatable bonds is 5. The molecule has 1 heterocycles. The number of nitriles is 1. The topological polar surface area (TPSA) is 94.9 Å². The summed E-state index contributed by atoms with van der Waals surface area (Å²) < 4.78 is 0. The number of aryl methyl sites for hydroxylation is 1. The van der Waals surface area contributed by atoms with Gasteiger partial charge in [-0.05, 0) is 42.8 Å². The smallest absolute Gasteiger partial charge is 0.270 e. The molecule has 1 aromatic heterocycles. The molecule has 0 aliphatic carbocycles. The van der Waals surface area contributed by atoms with Gasteiger partial charge in [0, 0.05) is 24.0 Å². The highest BCUT2D eigenvalue weighted by molar-refractivity contribution is 6.05. The minimum atomic E-state index is -0.384. The standard InChI is InChI=1S/C22H18N4O2/c1-15-4-2-6-17(10-15)14-25-22(28)20-12-18(8-9-24-20)21(27)26-19-7-3-5-16(11-19)13-23/h2-12H,14H2,1H3,(H,25,28)(H,26,27). The van der Waals surface area contributed by atoms with Crippen molar-refractivity contribution in [2.24, 2.45) is 0 Å². The van der Waals surface area contributed by atoms with Crippen LogP contribution in [0.1, 0.15) is 37.5 Å². The fourth-order valence-corrected chi connectivity index (χ4v) is 2.66. The zero-order valence-electron chi connectivity index (χ0n) is 15.3. The Morgan fingerprint density at radius 2 is 1.86 bits per heavy atom. The van der Waals surface area contributed by atoms with Crippen LogP contribution in [0.2, 0.25) is 0 Å². The SMILES string of the molecule is Cc1cccc(CNC(=O)c2cc(C(=O)Nc3cccc(C#N)c3)ccn2)c1. The van der Waals surface area contributed by atoms with Crippen LogP contribution in [0.3, 0.4) is 0 Å². The number of hydrogen-bond acceptors (Lipinski definition) is 4. The van der Waals surface area contributed by atoms with Gasteiger partial charge >= 0.3 is 0 Å². The maximum Gasteiger partial charge on any atom is 0.270 e. The molecule has 0 atom stereocenters. The monoisotopic (exact) mass is 370 g/mol. The molecule has 138 valence electrons. The number of nitrogens with one attached hydrogen (secondary N) is 2. The Hall–Kier alpha value is -3.98. The predicted octanol–water partition coefficient (Wildman–Crippen LogP) is 3.44. The Kier molecular flexibility index (Phi) is 5.78. The Morgan fingerprint density at radius 1 is 1.04 bits per heavy atom. The maximum atomic E-state index is 12.5. The lowest BCUT2D eigenvalue weighted by Crippen LogP contribution is -2.24. The first-order chi connectivity index (χ1) is 13.5. The summed E-state index contributed by atoms with van der Waals surface area (Å²) in [4.78, 5) is 28.9. The van der Waals surface area contributed by atoms with Crippen LogP contribution >= 0.6 is 0 Å². The van der Waals surface area contributed by atoms with Gasteiger partial charge in [-0.25, -0.2) is 0 Å². The first kappa shape index (κ1) is 18.8. The van der Waals surface area contributed by atoms with E-state index < -0.39 is 0 Å². The van der Waals surface area contributed by atoms with Crippen LogP contribution in [-0.2, 0) is 6.54 Å². The molecule has 6 heteroatoms. The van der Waals surface area contributed by atoms with Gasteiger partial charge in [-0.1, -0.05) is 35.9 Å². The first-order valence-electron chi connectivity index (χ1n) is 8.66. The quantitative estimate of drug-likeness (QED) is 0.719. The maximum absolute atomic E-state index is 12.5. The molecule has 2 aromatic carbocycles. The predicted molar refractivity (Wildman–Crippen MR) is 106 cm³/mol. The average molecular weight is 370 g/mol. The van der Waals surface area contributed by atoms with E-state index in [9.17, 15) is 9.59 Å². The van der Waals surface area contributed by atoms with Crippen LogP contribution in [0.4, 0.5) is 5.69 Å². The lowest BCUT2D eigenvalue weighted by molar-refractivity contribution is 0.0946. The molecule has 0 saturated carbocycles. The fraction of sp³-hybridized carbons (Fsp3) is 0.0909. The third kappa shape index (κ3) is 4.80. The van der Waals surface area contributed by atoms with E-state index in [0.717, 1.165) is 11.1 Å². The summed E-state index contributed by atoms with van der Waals surface area (Å²) >= 11 is 0. The van der Waals surface area contributed by atoms with Crippen LogP contribution in [-0.4, -0.2) is 16.8 Å². The van der Waals surface area contributed by atoms with Crippen LogP contribution in [0.25, 0.3) is 0 Å². The van der Waals surface area contributed by atoms with Crippen molar-refractivity contribution in [2.75, 3.05) is 5.32 Å². The summed E-state index contributed by atoms with van der Waals surface area (Å²) in [5, 5.41) is 14.5. The lowest BCUT2D eigenvalue weighted by Gasteiger charge is -2.08. The zero-order chi connectivity index (χ0) is 19.9. The third-order valence-electron chi connectivity index (χ3n) is 4.04. The molecule has 0 spiro atoms. The summed E-state index contributed by atoms with van der Waals surface area (Å²) in [5.41, 5.74) is 3.52. The molecule has 0 saturated heterocycles. The minimum Gasteiger partial charge on any atom is -0.347 e. The van der Waals surface area contributed by atoms with Gasteiger partial charge in [-0.2, -0.15) is 5.26 Å². The molecule has 0 radical (unpaired) electrons. The van der Waals surface area contributed by atoms with Gasteiger partial charge in [0.05, 0.1) is 11.6 Å². The van der Waals surface area contributed by atoms with Crippen molar-refractivity contribution in [3.05, 3.63) is 94.8 Å². The van der Waals surface area contributed by atoms with Crippen LogP contribution in [0.15, 0.2) is 66.9 Å². The summed E-state index contributed by atoms with van der Waals surface area (Å²) in [7, 11) is 0. The molecular formula is C22H18N4O2. The van der Waals surface area contributed by atoms with Crippen molar-refractivity contribution in [2.45, 2.75) is 13.5 Å². The van der Waals surface area contributed by atoms with Gasteiger partial charge in [0.15, 0.2) is 0 Å². The van der Waals surface area contributed by atoms with E-state index in [1.165, 1.54) is 18.3 Å². The zero-order valence-corrected chi connectivity index (χ0v) is 15.3. The average Bonchev–Trinajstić information content (AvgIpc) is 2.72. The molecule has 28 heavy (non-hydrogen) atoms. The Labute approximate surface area is 162 Å². The molecule has 0 fully saturated rings. The molecule has 3 rings (SSSR count). The summed E-state index contributed by atoms with van der Waals surface area (Å²) in [5.74, 6) is -0.743. The van der Waals surface area contributed by atoms with Crippen molar-refractivity contribution in [3.8, 4) is 6.07 Å². The summed E-state index contributed by atoms with van der Waals surface area (Å²) in [6, 6.07) is 19.4. The molecule has 3 aromatic rings. The van der Waals surface area contributed by atoms with Gasteiger partial charge in [-0.15, -0.1) is 0 Å². The van der Waals surface area contributed by atoms with Gasteiger partial charge in [0.2, 0.25) is 0 Å². The van der Waals surface area contributed by atoms with Crippen LogP contribution in [0.5, 0.6) is 0 Å². The molecule has 0 aliphatic rings. The third-order valence-corrected chi connectivity index (χ3v) is 4.04. The van der Waals surface area contributed by atoms with Crippen molar-refractivity contribution in [1.82, 2.24) is 10.3 Å². The van der Waals surface area contributed by atoms with Crippen molar-refractivity contribution in [1.29, 1.82) is 5.26 Å². The second-order valence-corrected chi connectivity index (χ2v) is 6.25. The normalized spacial score (nSPS) is 10.0. The fourth-order valence-electron chi connectivity index (χ4n) is 2.66. The number of aromatic nitrogens is 1. The largest absolute Gasteiger partial charge is 0.347 e. The van der Waals surface area contributed by atoms with E-state index in [1.54, 1.807) is 24.3 Å². The van der Waals surface area contributed by atoms with Gasteiger partial charge in [0.1, 0.15) is 5.69 Å². The summed E-state index contributed by atoms with van der Waals surface area (Å²) in [6.45, 7) is 2.36. The number of hydrogen-bond donors (Lipinski definition) is 2. The van der Waals surface area contributed by atoms with E-state index in [4.69, 9.17) is 5.26 Å².